The highest BCUT2D eigenvalue weighted by Gasteiger charge is 2.68. The monoisotopic (exact) mass is 796 g/mol. The van der Waals surface area contributed by atoms with E-state index in [1.165, 1.54) is 25.3 Å². The van der Waals surface area contributed by atoms with Gasteiger partial charge in [-0.25, -0.2) is 14.4 Å². The van der Waals surface area contributed by atoms with Gasteiger partial charge in [0.05, 0.1) is 35.3 Å². The molecule has 2 amide bonds. The number of alkyl carbamates (subject to hydrolysis) is 1. The SMILES string of the molecule is COc1c(CC(NC(=O)C(NC(=O)OC(C)(C)C)c2ccc(C(=O)OC(C)(C)C)c(Cl)c2)B2O[C@@H]3C[C@@H]4C[C@@H](C4(C)C)[C@]3(C)O2)cccc1C(=O)OC(C)(C)C. The maximum Gasteiger partial charge on any atom is 0.482 e. The van der Waals surface area contributed by atoms with Crippen molar-refractivity contribution in [3.63, 3.8) is 0 Å². The van der Waals surface area contributed by atoms with Gasteiger partial charge in [-0.2, -0.15) is 0 Å². The highest BCUT2D eigenvalue weighted by atomic mass is 35.5. The van der Waals surface area contributed by atoms with E-state index < -0.39 is 65.4 Å². The van der Waals surface area contributed by atoms with E-state index in [0.717, 1.165) is 12.8 Å². The summed E-state index contributed by atoms with van der Waals surface area (Å²) in [5.41, 5.74) is -1.71. The third kappa shape index (κ3) is 9.48. The van der Waals surface area contributed by atoms with Crippen molar-refractivity contribution in [2.75, 3.05) is 7.11 Å². The number of halogens is 1. The minimum Gasteiger partial charge on any atom is -0.496 e. The zero-order chi connectivity index (χ0) is 41.8. The van der Waals surface area contributed by atoms with E-state index >= 15 is 0 Å². The number of nitrogens with one attached hydrogen (secondary N) is 2. The van der Waals surface area contributed by atoms with Crippen LogP contribution in [0.5, 0.6) is 5.75 Å². The van der Waals surface area contributed by atoms with Crippen molar-refractivity contribution in [1.82, 2.24) is 10.6 Å². The lowest BCUT2D eigenvalue weighted by molar-refractivity contribution is -0.199. The van der Waals surface area contributed by atoms with Crippen LogP contribution in [0.4, 0.5) is 4.79 Å². The molecular formula is C42H58BClN2O10. The van der Waals surface area contributed by atoms with Crippen LogP contribution in [0.25, 0.3) is 0 Å². The van der Waals surface area contributed by atoms with Crippen molar-refractivity contribution in [1.29, 1.82) is 0 Å². The molecule has 56 heavy (non-hydrogen) atoms. The summed E-state index contributed by atoms with van der Waals surface area (Å²) >= 11 is 6.63. The first-order valence-electron chi connectivity index (χ1n) is 19.3. The summed E-state index contributed by atoms with van der Waals surface area (Å²) in [5.74, 6) is -1.63. The minimum atomic E-state index is -1.33. The van der Waals surface area contributed by atoms with Crippen LogP contribution in [0.3, 0.4) is 0 Å². The summed E-state index contributed by atoms with van der Waals surface area (Å²) in [7, 11) is 0.568. The molecule has 3 saturated carbocycles. The number of carbonyl (C=O) groups is 4. The summed E-state index contributed by atoms with van der Waals surface area (Å²) in [4.78, 5) is 54.2. The predicted octanol–water partition coefficient (Wildman–Crippen LogP) is 7.82. The zero-order valence-corrected chi connectivity index (χ0v) is 35.8. The molecule has 4 fully saturated rings. The highest BCUT2D eigenvalue weighted by Crippen LogP contribution is 2.65. The maximum absolute atomic E-state index is 14.6. The lowest BCUT2D eigenvalue weighted by Crippen LogP contribution is -2.65. The van der Waals surface area contributed by atoms with Crippen LogP contribution < -0.4 is 15.4 Å². The molecule has 2 aromatic rings. The van der Waals surface area contributed by atoms with Crippen molar-refractivity contribution in [2.45, 2.75) is 143 Å². The van der Waals surface area contributed by atoms with Crippen LogP contribution in [0, 0.1) is 17.3 Å². The summed E-state index contributed by atoms with van der Waals surface area (Å²) in [6.45, 7) is 22.3. The molecule has 2 aromatic carbocycles. The Hall–Kier alpha value is -3.81. The molecule has 2 bridgehead atoms. The van der Waals surface area contributed by atoms with Gasteiger partial charge in [0.1, 0.15) is 34.2 Å². The lowest BCUT2D eigenvalue weighted by Gasteiger charge is -2.64. The Morgan fingerprint density at radius 1 is 0.857 bits per heavy atom. The van der Waals surface area contributed by atoms with Crippen LogP contribution in [-0.4, -0.2) is 72.6 Å². The number of para-hydroxylation sites is 1. The minimum absolute atomic E-state index is 0.0295. The normalized spacial score (nSPS) is 23.8. The Kier molecular flexibility index (Phi) is 12.0. The van der Waals surface area contributed by atoms with Gasteiger partial charge in [0.25, 0.3) is 0 Å². The summed E-state index contributed by atoms with van der Waals surface area (Å²) in [5, 5.41) is 5.84. The van der Waals surface area contributed by atoms with Crippen molar-refractivity contribution in [2.24, 2.45) is 17.3 Å². The number of methoxy groups -OCH3 is 1. The standard InChI is InChI=1S/C42H58BClN2O10/c1-38(2,3)52-35(48)26-18-17-23(19-28(26)44)32(46-37(50)54-40(7,8)9)34(47)45-31(43-55-30-22-25-21-29(41(25,10)11)42(30,12)56-43)20-24-15-14-16-27(33(24)51-13)36(49)53-39(4,5)6/h14-19,25,29-32H,20-22H2,1-13H3,(H,45,47)(H,46,50)/t25-,29-,30+,31?,32?,42-/m0/s1. The van der Waals surface area contributed by atoms with Crippen LogP contribution in [-0.2, 0) is 34.7 Å². The second kappa shape index (κ2) is 15.5. The van der Waals surface area contributed by atoms with Crippen molar-refractivity contribution in [3.05, 3.63) is 63.7 Å². The highest BCUT2D eigenvalue weighted by molar-refractivity contribution is 6.48. The average molecular weight is 797 g/mol. The van der Waals surface area contributed by atoms with E-state index in [4.69, 9.17) is 39.9 Å². The molecule has 0 aromatic heterocycles. The molecule has 6 rings (SSSR count). The third-order valence-electron chi connectivity index (χ3n) is 10.9. The van der Waals surface area contributed by atoms with Gasteiger partial charge in [0, 0.05) is 0 Å². The van der Waals surface area contributed by atoms with Gasteiger partial charge < -0.3 is 38.9 Å². The van der Waals surface area contributed by atoms with Gasteiger partial charge >= 0.3 is 25.2 Å². The Morgan fingerprint density at radius 3 is 2.02 bits per heavy atom. The van der Waals surface area contributed by atoms with Crippen LogP contribution in [0.2, 0.25) is 5.02 Å². The molecule has 6 atom stereocenters. The Bertz CT molecular complexity index is 1850. The predicted molar refractivity (Wildman–Crippen MR) is 213 cm³/mol. The van der Waals surface area contributed by atoms with E-state index in [9.17, 15) is 19.2 Å². The van der Waals surface area contributed by atoms with E-state index in [-0.39, 0.29) is 45.6 Å². The topological polar surface area (TPSA) is 148 Å². The van der Waals surface area contributed by atoms with E-state index in [0.29, 0.717) is 17.2 Å². The number of amides is 2. The number of rotatable bonds is 10. The van der Waals surface area contributed by atoms with E-state index in [2.05, 4.69) is 31.4 Å². The molecule has 0 radical (unpaired) electrons. The molecule has 1 aliphatic heterocycles. The van der Waals surface area contributed by atoms with Crippen LogP contribution in [0.1, 0.15) is 134 Å². The van der Waals surface area contributed by atoms with Gasteiger partial charge in [0.2, 0.25) is 5.91 Å². The Balaban J connectivity index is 1.52. The third-order valence-corrected chi connectivity index (χ3v) is 11.2. The number of hydrogen-bond acceptors (Lipinski definition) is 10. The molecule has 3 aliphatic carbocycles. The first-order valence-corrected chi connectivity index (χ1v) is 19.7. The van der Waals surface area contributed by atoms with E-state index in [1.54, 1.807) is 80.5 Å². The molecule has 14 heteroatoms. The summed E-state index contributed by atoms with van der Waals surface area (Å²) in [6, 6.07) is 8.26. The van der Waals surface area contributed by atoms with Gasteiger partial charge in [-0.05, 0) is 135 Å². The van der Waals surface area contributed by atoms with Gasteiger partial charge in [0.15, 0.2) is 0 Å². The number of esters is 2. The Morgan fingerprint density at radius 2 is 1.46 bits per heavy atom. The fraction of sp³-hybridized carbons (Fsp3) is 0.619. The molecule has 2 unspecified atom stereocenters. The van der Waals surface area contributed by atoms with Gasteiger partial charge in [-0.1, -0.05) is 43.6 Å². The van der Waals surface area contributed by atoms with Crippen molar-refractivity contribution in [3.8, 4) is 5.75 Å². The largest absolute Gasteiger partial charge is 0.496 e. The van der Waals surface area contributed by atoms with Crippen LogP contribution in [0.15, 0.2) is 36.4 Å². The second-order valence-corrected chi connectivity index (χ2v) is 19.4. The smallest absolute Gasteiger partial charge is 0.482 e. The zero-order valence-electron chi connectivity index (χ0n) is 35.0. The molecule has 306 valence electrons. The first kappa shape index (κ1) is 43.3. The maximum atomic E-state index is 14.6. The number of benzene rings is 2. The second-order valence-electron chi connectivity index (χ2n) is 19.0. The molecule has 4 aliphatic rings. The van der Waals surface area contributed by atoms with Gasteiger partial charge in [-0.15, -0.1) is 0 Å². The molecule has 2 N–H and O–H groups in total. The number of hydrogen-bond donors (Lipinski definition) is 2. The number of carbonyl (C=O) groups excluding carboxylic acids is 4. The van der Waals surface area contributed by atoms with Crippen molar-refractivity contribution < 1.29 is 47.4 Å². The summed E-state index contributed by atoms with van der Waals surface area (Å²) in [6.07, 6.45) is 0.921. The average Bonchev–Trinajstić information content (AvgIpc) is 3.41. The first-order chi connectivity index (χ1) is 25.7. The molecule has 0 spiro atoms. The molecule has 1 saturated heterocycles. The fourth-order valence-electron chi connectivity index (χ4n) is 8.21. The molecule has 1 heterocycles. The van der Waals surface area contributed by atoms with E-state index in [1.807, 2.05) is 0 Å². The molecule has 12 nitrogen and oxygen atoms in total. The lowest BCUT2D eigenvalue weighted by atomic mass is 9.43. The summed E-state index contributed by atoms with van der Waals surface area (Å²) < 4.78 is 36.1. The van der Waals surface area contributed by atoms with Gasteiger partial charge in [-0.3, -0.25) is 4.79 Å². The Labute approximate surface area is 336 Å². The van der Waals surface area contributed by atoms with Crippen molar-refractivity contribution >= 4 is 42.7 Å². The van der Waals surface area contributed by atoms with Crippen LogP contribution >= 0.6 is 11.6 Å². The number of ether oxygens (including phenoxy) is 4. The molecular weight excluding hydrogens is 739 g/mol. The quantitative estimate of drug-likeness (QED) is 0.139. The fourth-order valence-corrected chi connectivity index (χ4v) is 8.47.